The fraction of sp³-hybridized carbons (Fsp3) is 0.857. The van der Waals surface area contributed by atoms with Crippen molar-refractivity contribution in [2.24, 2.45) is 5.73 Å². The number of piperidine rings is 1. The van der Waals surface area contributed by atoms with Gasteiger partial charge in [-0.15, -0.1) is 0 Å². The van der Waals surface area contributed by atoms with Crippen molar-refractivity contribution in [1.82, 2.24) is 9.80 Å². The standard InChI is InChI=1S/C14H25N3O4/c15-5-9-21-10-13(18)16-7-3-11(4-8-16)17-6-1-2-12(17)14(19)20/h11-12H,1-10,15H2,(H,19,20). The molecule has 21 heavy (non-hydrogen) atoms. The molecule has 0 bridgehead atoms. The molecule has 0 aliphatic carbocycles. The first-order valence-corrected chi connectivity index (χ1v) is 7.67. The highest BCUT2D eigenvalue weighted by atomic mass is 16.5. The van der Waals surface area contributed by atoms with Gasteiger partial charge in [-0.2, -0.15) is 0 Å². The number of carboxylic acids is 1. The summed E-state index contributed by atoms with van der Waals surface area (Å²) < 4.78 is 5.17. The monoisotopic (exact) mass is 299 g/mol. The van der Waals surface area contributed by atoms with Crippen molar-refractivity contribution in [3.8, 4) is 0 Å². The van der Waals surface area contributed by atoms with Crippen molar-refractivity contribution in [3.63, 3.8) is 0 Å². The normalized spacial score (nSPS) is 24.4. The first-order valence-electron chi connectivity index (χ1n) is 7.67. The highest BCUT2D eigenvalue weighted by molar-refractivity contribution is 5.77. The lowest BCUT2D eigenvalue weighted by atomic mass is 10.0. The molecule has 120 valence electrons. The first-order chi connectivity index (χ1) is 10.1. The van der Waals surface area contributed by atoms with Gasteiger partial charge in [-0.25, -0.2) is 0 Å². The van der Waals surface area contributed by atoms with Gasteiger partial charge in [0.1, 0.15) is 12.6 Å². The maximum atomic E-state index is 11.9. The number of rotatable bonds is 6. The lowest BCUT2D eigenvalue weighted by molar-refractivity contribution is -0.144. The van der Waals surface area contributed by atoms with Gasteiger partial charge in [0, 0.05) is 25.7 Å². The lowest BCUT2D eigenvalue weighted by Crippen LogP contribution is -2.50. The minimum atomic E-state index is -0.721. The molecule has 0 aromatic carbocycles. The molecule has 0 aromatic rings. The molecule has 3 N–H and O–H groups in total. The van der Waals surface area contributed by atoms with E-state index in [-0.39, 0.29) is 24.6 Å². The molecule has 1 unspecified atom stereocenters. The molecule has 2 aliphatic rings. The Hall–Kier alpha value is -1.18. The van der Waals surface area contributed by atoms with Gasteiger partial charge in [-0.3, -0.25) is 14.5 Å². The molecule has 2 aliphatic heterocycles. The smallest absolute Gasteiger partial charge is 0.320 e. The third-order valence-electron chi connectivity index (χ3n) is 4.35. The summed E-state index contributed by atoms with van der Waals surface area (Å²) in [6, 6.07) is -0.0623. The van der Waals surface area contributed by atoms with Crippen LogP contribution in [0.1, 0.15) is 25.7 Å². The second-order valence-corrected chi connectivity index (χ2v) is 5.69. The van der Waals surface area contributed by atoms with Gasteiger partial charge in [0.25, 0.3) is 0 Å². The van der Waals surface area contributed by atoms with Gasteiger partial charge in [-0.1, -0.05) is 0 Å². The quantitative estimate of drug-likeness (QED) is 0.642. The van der Waals surface area contributed by atoms with Crippen molar-refractivity contribution in [1.29, 1.82) is 0 Å². The predicted molar refractivity (Wildman–Crippen MR) is 76.8 cm³/mol. The van der Waals surface area contributed by atoms with E-state index in [2.05, 4.69) is 4.90 Å². The Kier molecular flexibility index (Phi) is 5.96. The van der Waals surface area contributed by atoms with Crippen LogP contribution in [0.2, 0.25) is 0 Å². The van der Waals surface area contributed by atoms with Gasteiger partial charge in [0.05, 0.1) is 6.61 Å². The number of aliphatic carboxylic acids is 1. The number of carbonyl (C=O) groups is 2. The largest absolute Gasteiger partial charge is 0.480 e. The molecular formula is C14H25N3O4. The van der Waals surface area contributed by atoms with Crippen molar-refractivity contribution in [2.45, 2.75) is 37.8 Å². The number of carboxylic acid groups (broad SMARTS) is 1. The van der Waals surface area contributed by atoms with E-state index in [0.29, 0.717) is 26.2 Å². The van der Waals surface area contributed by atoms with E-state index in [1.165, 1.54) is 0 Å². The van der Waals surface area contributed by atoms with E-state index in [4.69, 9.17) is 10.5 Å². The van der Waals surface area contributed by atoms with E-state index in [1.807, 2.05) is 0 Å². The van der Waals surface area contributed by atoms with E-state index in [9.17, 15) is 14.7 Å². The minimum Gasteiger partial charge on any atom is -0.480 e. The SMILES string of the molecule is NCCOCC(=O)N1CCC(N2CCCC2C(=O)O)CC1. The van der Waals surface area contributed by atoms with Gasteiger partial charge in [0.15, 0.2) is 0 Å². The third kappa shape index (κ3) is 4.15. The number of hydrogen-bond acceptors (Lipinski definition) is 5. The Morgan fingerprint density at radius 2 is 1.90 bits per heavy atom. The number of nitrogens with two attached hydrogens (primary N) is 1. The maximum absolute atomic E-state index is 11.9. The summed E-state index contributed by atoms with van der Waals surface area (Å²) in [7, 11) is 0. The summed E-state index contributed by atoms with van der Waals surface area (Å²) >= 11 is 0. The van der Waals surface area contributed by atoms with Crippen LogP contribution < -0.4 is 5.73 Å². The molecule has 0 radical (unpaired) electrons. The maximum Gasteiger partial charge on any atom is 0.320 e. The van der Waals surface area contributed by atoms with Crippen LogP contribution in [0, 0.1) is 0 Å². The second kappa shape index (κ2) is 7.72. The average Bonchev–Trinajstić information content (AvgIpc) is 2.97. The Balaban J connectivity index is 1.77. The van der Waals surface area contributed by atoms with Crippen LogP contribution in [0.25, 0.3) is 0 Å². The summed E-state index contributed by atoms with van der Waals surface area (Å²) in [6.45, 7) is 3.12. The van der Waals surface area contributed by atoms with Crippen LogP contribution in [0.5, 0.6) is 0 Å². The number of amides is 1. The predicted octanol–water partition coefficient (Wildman–Crippen LogP) is -0.498. The molecule has 1 atom stereocenters. The molecule has 2 fully saturated rings. The summed E-state index contributed by atoms with van der Waals surface area (Å²) in [4.78, 5) is 27.1. The highest BCUT2D eigenvalue weighted by Crippen LogP contribution is 2.26. The Morgan fingerprint density at radius 1 is 1.19 bits per heavy atom. The van der Waals surface area contributed by atoms with E-state index in [1.54, 1.807) is 4.90 Å². The summed E-state index contributed by atoms with van der Waals surface area (Å²) in [5.41, 5.74) is 5.32. The zero-order chi connectivity index (χ0) is 15.2. The Labute approximate surface area is 125 Å². The first kappa shape index (κ1) is 16.2. The molecule has 2 heterocycles. The molecule has 0 saturated carbocycles. The summed E-state index contributed by atoms with van der Waals surface area (Å²) in [5, 5.41) is 9.24. The van der Waals surface area contributed by atoms with Crippen LogP contribution in [0.4, 0.5) is 0 Å². The molecule has 2 saturated heterocycles. The fourth-order valence-electron chi connectivity index (χ4n) is 3.27. The van der Waals surface area contributed by atoms with Crippen LogP contribution >= 0.6 is 0 Å². The molecule has 0 spiro atoms. The molecule has 2 rings (SSSR count). The third-order valence-corrected chi connectivity index (χ3v) is 4.35. The van der Waals surface area contributed by atoms with Crippen molar-refractivity contribution in [2.75, 3.05) is 39.4 Å². The van der Waals surface area contributed by atoms with E-state index < -0.39 is 5.97 Å². The van der Waals surface area contributed by atoms with Crippen molar-refractivity contribution >= 4 is 11.9 Å². The molecule has 7 heteroatoms. The zero-order valence-electron chi connectivity index (χ0n) is 12.4. The number of ether oxygens (including phenoxy) is 1. The number of hydrogen-bond donors (Lipinski definition) is 2. The zero-order valence-corrected chi connectivity index (χ0v) is 12.4. The van der Waals surface area contributed by atoms with Gasteiger partial charge < -0.3 is 20.5 Å². The molecule has 1 amide bonds. The minimum absolute atomic E-state index is 0.00175. The summed E-state index contributed by atoms with van der Waals surface area (Å²) in [6.07, 6.45) is 3.36. The van der Waals surface area contributed by atoms with Crippen LogP contribution in [0.15, 0.2) is 0 Å². The van der Waals surface area contributed by atoms with Crippen LogP contribution in [-0.2, 0) is 14.3 Å². The average molecular weight is 299 g/mol. The van der Waals surface area contributed by atoms with Crippen LogP contribution in [-0.4, -0.2) is 78.3 Å². The highest BCUT2D eigenvalue weighted by Gasteiger charge is 2.37. The molecular weight excluding hydrogens is 274 g/mol. The number of carbonyl (C=O) groups excluding carboxylic acids is 1. The van der Waals surface area contributed by atoms with Gasteiger partial charge in [0.2, 0.25) is 5.91 Å². The van der Waals surface area contributed by atoms with Gasteiger partial charge in [-0.05, 0) is 32.2 Å². The summed E-state index contributed by atoms with van der Waals surface area (Å²) in [5.74, 6) is -0.723. The van der Waals surface area contributed by atoms with E-state index in [0.717, 1.165) is 32.2 Å². The topological polar surface area (TPSA) is 96.1 Å². The van der Waals surface area contributed by atoms with Crippen molar-refractivity contribution < 1.29 is 19.4 Å². The Morgan fingerprint density at radius 3 is 2.52 bits per heavy atom. The number of likely N-dealkylation sites (tertiary alicyclic amines) is 2. The van der Waals surface area contributed by atoms with E-state index >= 15 is 0 Å². The lowest BCUT2D eigenvalue weighted by Gasteiger charge is -2.38. The fourth-order valence-corrected chi connectivity index (χ4v) is 3.27. The van der Waals surface area contributed by atoms with Gasteiger partial charge >= 0.3 is 5.97 Å². The Bertz CT molecular complexity index is 369. The second-order valence-electron chi connectivity index (χ2n) is 5.69. The molecule has 7 nitrogen and oxygen atoms in total. The number of nitrogens with zero attached hydrogens (tertiary/aromatic N) is 2. The molecule has 0 aromatic heterocycles. The van der Waals surface area contributed by atoms with Crippen molar-refractivity contribution in [3.05, 3.63) is 0 Å². The van der Waals surface area contributed by atoms with Crippen LogP contribution in [0.3, 0.4) is 0 Å².